The maximum absolute atomic E-state index is 14.4. The highest BCUT2D eigenvalue weighted by molar-refractivity contribution is 7.89. The molecule has 0 bridgehead atoms. The van der Waals surface area contributed by atoms with Crippen LogP contribution in [0.25, 0.3) is 0 Å². The van der Waals surface area contributed by atoms with Crippen molar-refractivity contribution < 1.29 is 22.7 Å². The van der Waals surface area contributed by atoms with E-state index in [1.165, 1.54) is 0 Å². The molecule has 0 fully saturated rings. The number of aryl methyl sites for hydroxylation is 2. The van der Waals surface area contributed by atoms with Crippen molar-refractivity contribution in [1.82, 2.24) is 9.62 Å². The van der Waals surface area contributed by atoms with Crippen LogP contribution >= 0.6 is 0 Å². The molecule has 7 nitrogen and oxygen atoms in total. The highest BCUT2D eigenvalue weighted by Gasteiger charge is 2.47. The summed E-state index contributed by atoms with van der Waals surface area (Å²) in [6.45, 7) is 18.7. The molecule has 8 heteroatoms. The maximum atomic E-state index is 14.4. The molecular weight excluding hydrogens is 512 g/mol. The molecule has 0 saturated heterocycles. The molecule has 0 heterocycles. The summed E-state index contributed by atoms with van der Waals surface area (Å²) in [6.07, 6.45) is -1.29. The lowest BCUT2D eigenvalue weighted by Gasteiger charge is -2.40. The third-order valence-corrected chi connectivity index (χ3v) is 8.80. The van der Waals surface area contributed by atoms with E-state index < -0.39 is 33.7 Å². The Balaban J connectivity index is 2.59. The monoisotopic (exact) mass is 558 g/mol. The molecule has 0 aliphatic rings. The number of ketones is 1. The maximum Gasteiger partial charge on any atom is 0.410 e. The second-order valence-electron chi connectivity index (χ2n) is 11.6. The lowest BCUT2D eigenvalue weighted by molar-refractivity contribution is -0.141. The van der Waals surface area contributed by atoms with Crippen molar-refractivity contribution in [3.05, 3.63) is 65.2 Å². The third-order valence-electron chi connectivity index (χ3n) is 7.36. The Labute approximate surface area is 235 Å². The number of carbonyl (C=O) groups excluding carboxylic acids is 2. The summed E-state index contributed by atoms with van der Waals surface area (Å²) in [5.74, 6) is -0.640. The average molecular weight is 559 g/mol. The topological polar surface area (TPSA) is 92.8 Å². The van der Waals surface area contributed by atoms with Crippen molar-refractivity contribution in [2.45, 2.75) is 105 Å². The first-order chi connectivity index (χ1) is 18.0. The molecule has 39 heavy (non-hydrogen) atoms. The van der Waals surface area contributed by atoms with E-state index in [1.807, 2.05) is 86.6 Å². The van der Waals surface area contributed by atoms with E-state index in [0.717, 1.165) is 11.1 Å². The number of benzene rings is 2. The van der Waals surface area contributed by atoms with E-state index >= 15 is 0 Å². The van der Waals surface area contributed by atoms with Crippen LogP contribution in [0.2, 0.25) is 0 Å². The van der Waals surface area contributed by atoms with E-state index in [4.69, 9.17) is 4.74 Å². The van der Waals surface area contributed by atoms with Gasteiger partial charge in [-0.3, -0.25) is 4.79 Å². The van der Waals surface area contributed by atoms with Gasteiger partial charge in [0.1, 0.15) is 0 Å². The van der Waals surface area contributed by atoms with Gasteiger partial charge >= 0.3 is 6.09 Å². The van der Waals surface area contributed by atoms with Gasteiger partial charge in [-0.15, -0.1) is 0 Å². The van der Waals surface area contributed by atoms with Crippen molar-refractivity contribution in [2.24, 2.45) is 11.3 Å². The number of hydrogen-bond donors (Lipinski definition) is 1. The quantitative estimate of drug-likeness (QED) is 0.317. The Morgan fingerprint density at radius 3 is 1.74 bits per heavy atom. The molecule has 0 spiro atoms. The van der Waals surface area contributed by atoms with E-state index in [2.05, 4.69) is 4.72 Å². The minimum absolute atomic E-state index is 0.111. The molecule has 0 radical (unpaired) electrons. The highest BCUT2D eigenvalue weighted by Crippen LogP contribution is 2.41. The fourth-order valence-corrected chi connectivity index (χ4v) is 6.13. The van der Waals surface area contributed by atoms with Gasteiger partial charge in [0.05, 0.1) is 16.4 Å². The molecule has 1 amide bonds. The lowest BCUT2D eigenvalue weighted by atomic mass is 9.70. The van der Waals surface area contributed by atoms with Crippen LogP contribution in [0.1, 0.15) is 84.5 Å². The average Bonchev–Trinajstić information content (AvgIpc) is 2.85. The summed E-state index contributed by atoms with van der Waals surface area (Å²) >= 11 is 0. The Hall–Kier alpha value is -2.71. The van der Waals surface area contributed by atoms with Crippen molar-refractivity contribution in [3.8, 4) is 0 Å². The van der Waals surface area contributed by atoms with Crippen molar-refractivity contribution in [3.63, 3.8) is 0 Å². The Bertz CT molecular complexity index is 1210. The molecule has 2 aromatic rings. The van der Waals surface area contributed by atoms with Gasteiger partial charge in [-0.25, -0.2) is 17.9 Å². The van der Waals surface area contributed by atoms with Crippen molar-refractivity contribution in [2.75, 3.05) is 0 Å². The van der Waals surface area contributed by atoms with Crippen molar-refractivity contribution >= 4 is 21.9 Å². The largest absolute Gasteiger partial charge is 0.438 e. The van der Waals surface area contributed by atoms with Crippen LogP contribution in [0.5, 0.6) is 0 Å². The predicted octanol–water partition coefficient (Wildman–Crippen LogP) is 6.59. The van der Waals surface area contributed by atoms with E-state index in [0.29, 0.717) is 12.0 Å². The van der Waals surface area contributed by atoms with E-state index in [-0.39, 0.29) is 28.7 Å². The molecule has 0 aliphatic carbocycles. The summed E-state index contributed by atoms with van der Waals surface area (Å²) < 4.78 is 35.9. The molecule has 0 aliphatic heterocycles. The first-order valence-corrected chi connectivity index (χ1v) is 15.2. The number of ether oxygens (including phenoxy) is 1. The zero-order valence-electron chi connectivity index (χ0n) is 25.1. The molecule has 2 aromatic carbocycles. The first kappa shape index (κ1) is 32.5. The predicted molar refractivity (Wildman–Crippen MR) is 156 cm³/mol. The standard InChI is InChI=1S/C31H46N2O5S/c1-11-31(10,29(34)27(20(2)3)38-30(35)33(21(4)5)22(6)7)28(25-16-12-23(8)13-17-25)32-39(36,37)26-18-14-24(9)15-19-26/h12-22,27-28,32H,11H2,1-10H3/t27-,28-,31-/m1/s1. The summed E-state index contributed by atoms with van der Waals surface area (Å²) in [5.41, 5.74) is 1.40. The number of hydrogen-bond acceptors (Lipinski definition) is 5. The zero-order valence-corrected chi connectivity index (χ0v) is 25.9. The summed E-state index contributed by atoms with van der Waals surface area (Å²) in [6, 6.07) is 12.9. The molecule has 216 valence electrons. The van der Waals surface area contributed by atoms with Gasteiger partial charge in [-0.2, -0.15) is 0 Å². The normalized spacial score (nSPS) is 15.2. The number of nitrogens with zero attached hydrogens (tertiary/aromatic N) is 1. The number of nitrogens with one attached hydrogen (secondary N) is 1. The number of sulfonamides is 1. The third kappa shape index (κ3) is 7.70. The molecule has 0 saturated carbocycles. The van der Waals surface area contributed by atoms with Crippen LogP contribution in [0.15, 0.2) is 53.4 Å². The molecule has 1 N–H and O–H groups in total. The van der Waals surface area contributed by atoms with Crippen LogP contribution in [0, 0.1) is 25.2 Å². The van der Waals surface area contributed by atoms with Crippen LogP contribution in [-0.4, -0.2) is 43.4 Å². The Kier molecular flexibility index (Phi) is 10.9. The van der Waals surface area contributed by atoms with Crippen molar-refractivity contribution in [1.29, 1.82) is 0 Å². The van der Waals surface area contributed by atoms with Gasteiger partial charge in [0.15, 0.2) is 11.9 Å². The highest BCUT2D eigenvalue weighted by atomic mass is 32.2. The minimum Gasteiger partial charge on any atom is -0.438 e. The van der Waals surface area contributed by atoms with Gasteiger partial charge < -0.3 is 9.64 Å². The summed E-state index contributed by atoms with van der Waals surface area (Å²) in [4.78, 5) is 29.3. The zero-order chi connectivity index (χ0) is 29.7. The number of rotatable bonds is 12. The smallest absolute Gasteiger partial charge is 0.410 e. The van der Waals surface area contributed by atoms with Gasteiger partial charge in [0.25, 0.3) is 0 Å². The fraction of sp³-hybridized carbons (Fsp3) is 0.548. The van der Waals surface area contributed by atoms with Crippen LogP contribution in [0.3, 0.4) is 0 Å². The van der Waals surface area contributed by atoms with E-state index in [1.54, 1.807) is 36.1 Å². The SMILES string of the molecule is CC[C@@](C)(C(=O)[C@H](OC(=O)N(C(C)C)C(C)C)C(C)C)[C@H](NS(=O)(=O)c1ccc(C)cc1)c1ccc(C)cc1. The van der Waals surface area contributed by atoms with Gasteiger partial charge in [0, 0.05) is 12.1 Å². The molecule has 0 aromatic heterocycles. The Morgan fingerprint density at radius 1 is 0.872 bits per heavy atom. The van der Waals surface area contributed by atoms with Gasteiger partial charge in [-0.1, -0.05) is 75.2 Å². The van der Waals surface area contributed by atoms with Gasteiger partial charge in [0.2, 0.25) is 10.0 Å². The number of Topliss-reactive ketones (excluding diaryl/α,β-unsaturated/α-hetero) is 1. The molecule has 0 unspecified atom stereocenters. The van der Waals surface area contributed by atoms with Gasteiger partial charge in [-0.05, 0) is 71.6 Å². The Morgan fingerprint density at radius 2 is 1.33 bits per heavy atom. The molecule has 2 rings (SSSR count). The number of carbonyl (C=O) groups is 2. The van der Waals surface area contributed by atoms with Crippen LogP contribution in [0.4, 0.5) is 4.79 Å². The fourth-order valence-electron chi connectivity index (χ4n) is 4.79. The molecular formula is C31H46N2O5S. The minimum atomic E-state index is -3.98. The summed E-state index contributed by atoms with van der Waals surface area (Å²) in [5, 5.41) is 0. The van der Waals surface area contributed by atoms with E-state index in [9.17, 15) is 18.0 Å². The molecule has 3 atom stereocenters. The van der Waals surface area contributed by atoms with Crippen LogP contribution in [-0.2, 0) is 19.6 Å². The van der Waals surface area contributed by atoms with Crippen LogP contribution < -0.4 is 4.72 Å². The number of amides is 1. The lowest BCUT2D eigenvalue weighted by Crippen LogP contribution is -2.51. The second kappa shape index (κ2) is 13.1. The second-order valence-corrected chi connectivity index (χ2v) is 13.3. The first-order valence-electron chi connectivity index (χ1n) is 13.7. The summed E-state index contributed by atoms with van der Waals surface area (Å²) in [7, 11) is -3.98.